The molecule has 0 fully saturated rings. The highest BCUT2D eigenvalue weighted by Gasteiger charge is 2.16. The Morgan fingerprint density at radius 2 is 2.24 bits per heavy atom. The molecule has 1 atom stereocenters. The molecule has 1 aliphatic rings. The summed E-state index contributed by atoms with van der Waals surface area (Å²) in [6.07, 6.45) is 5.27. The predicted octanol–water partition coefficient (Wildman–Crippen LogP) is 2.97. The van der Waals surface area contributed by atoms with Crippen LogP contribution in [0.2, 0.25) is 0 Å². The molecule has 0 spiro atoms. The van der Waals surface area contributed by atoms with Crippen molar-refractivity contribution < 1.29 is 9.53 Å². The van der Waals surface area contributed by atoms with Crippen LogP contribution in [0.3, 0.4) is 0 Å². The summed E-state index contributed by atoms with van der Waals surface area (Å²) in [7, 11) is 5.50. The number of hydrogen-bond donors (Lipinski definition) is 1. The maximum atomic E-state index is 12.6. The third-order valence-electron chi connectivity index (χ3n) is 4.70. The van der Waals surface area contributed by atoms with Gasteiger partial charge in [-0.2, -0.15) is 5.10 Å². The lowest BCUT2D eigenvalue weighted by molar-refractivity contribution is 0.0787. The first-order valence-electron chi connectivity index (χ1n) is 8.74. The molecule has 1 aliphatic heterocycles. The molecule has 1 aromatic carbocycles. The number of aromatic nitrogens is 1. The van der Waals surface area contributed by atoms with Crippen LogP contribution in [0.25, 0.3) is 10.9 Å². The quantitative estimate of drug-likeness (QED) is 0.787. The zero-order chi connectivity index (χ0) is 17.8. The second-order valence-electron chi connectivity index (χ2n) is 6.72. The number of nitrogens with zero attached hydrogens (tertiary/aromatic N) is 3. The molecule has 0 bridgehead atoms. The Hall–Kier alpha value is -2.50. The van der Waals surface area contributed by atoms with E-state index >= 15 is 0 Å². The van der Waals surface area contributed by atoms with E-state index < -0.39 is 0 Å². The van der Waals surface area contributed by atoms with Gasteiger partial charge in [0.05, 0.1) is 7.11 Å². The van der Waals surface area contributed by atoms with Crippen molar-refractivity contribution >= 4 is 23.0 Å². The second kappa shape index (κ2) is 7.59. The van der Waals surface area contributed by atoms with Crippen molar-refractivity contribution in [2.75, 3.05) is 34.3 Å². The van der Waals surface area contributed by atoms with Gasteiger partial charge in [0.2, 0.25) is 0 Å². The summed E-state index contributed by atoms with van der Waals surface area (Å²) in [6.45, 7) is 1.77. The SMILES string of the molecule is COc1ccc2cc(C(=O)N(C)CCCCC3C=NN(C)C3)[nH]c2c1. The molecule has 6 nitrogen and oxygen atoms in total. The number of hydrogen-bond acceptors (Lipinski definition) is 4. The molecular formula is C19H26N4O2. The lowest BCUT2D eigenvalue weighted by atomic mass is 10.0. The van der Waals surface area contributed by atoms with Gasteiger partial charge in [-0.05, 0) is 31.0 Å². The van der Waals surface area contributed by atoms with Crippen LogP contribution in [0.4, 0.5) is 0 Å². The highest BCUT2D eigenvalue weighted by Crippen LogP contribution is 2.22. The van der Waals surface area contributed by atoms with Gasteiger partial charge in [0, 0.05) is 56.3 Å². The lowest BCUT2D eigenvalue weighted by Crippen LogP contribution is -2.28. The average molecular weight is 342 g/mol. The van der Waals surface area contributed by atoms with Gasteiger partial charge in [-0.1, -0.05) is 6.42 Å². The predicted molar refractivity (Wildman–Crippen MR) is 100 cm³/mol. The molecule has 6 heteroatoms. The maximum absolute atomic E-state index is 12.6. The van der Waals surface area contributed by atoms with E-state index in [4.69, 9.17) is 4.74 Å². The molecule has 0 radical (unpaired) electrons. The molecular weight excluding hydrogens is 316 g/mol. The highest BCUT2D eigenvalue weighted by atomic mass is 16.5. The Bertz CT molecular complexity index is 768. The number of carbonyl (C=O) groups is 1. The number of amides is 1. The summed E-state index contributed by atoms with van der Waals surface area (Å²) in [5, 5.41) is 7.26. The first-order valence-corrected chi connectivity index (χ1v) is 8.74. The van der Waals surface area contributed by atoms with Crippen LogP contribution in [0, 0.1) is 5.92 Å². The molecule has 1 aromatic heterocycles. The van der Waals surface area contributed by atoms with E-state index in [-0.39, 0.29) is 5.91 Å². The van der Waals surface area contributed by atoms with Crippen molar-refractivity contribution in [2.45, 2.75) is 19.3 Å². The fourth-order valence-corrected chi connectivity index (χ4v) is 3.22. The smallest absolute Gasteiger partial charge is 0.270 e. The maximum Gasteiger partial charge on any atom is 0.270 e. The van der Waals surface area contributed by atoms with Gasteiger partial charge in [-0.3, -0.25) is 9.80 Å². The Morgan fingerprint density at radius 3 is 2.96 bits per heavy atom. The number of carbonyl (C=O) groups excluding carboxylic acids is 1. The van der Waals surface area contributed by atoms with E-state index in [1.807, 2.05) is 49.6 Å². The van der Waals surface area contributed by atoms with E-state index in [0.717, 1.165) is 49.0 Å². The van der Waals surface area contributed by atoms with Crippen molar-refractivity contribution in [3.63, 3.8) is 0 Å². The number of benzene rings is 1. The van der Waals surface area contributed by atoms with Crippen LogP contribution in [0.15, 0.2) is 29.4 Å². The Balaban J connectivity index is 1.51. The number of fused-ring (bicyclic) bond motifs is 1. The van der Waals surface area contributed by atoms with E-state index in [0.29, 0.717) is 11.6 Å². The number of H-pyrrole nitrogens is 1. The molecule has 3 rings (SSSR count). The van der Waals surface area contributed by atoms with Gasteiger partial charge in [0.15, 0.2) is 0 Å². The first-order chi connectivity index (χ1) is 12.1. The normalized spacial score (nSPS) is 16.6. The van der Waals surface area contributed by atoms with Crippen LogP contribution in [-0.2, 0) is 0 Å². The molecule has 1 N–H and O–H groups in total. The number of hydrazone groups is 1. The highest BCUT2D eigenvalue weighted by molar-refractivity contribution is 5.98. The number of methoxy groups -OCH3 is 1. The van der Waals surface area contributed by atoms with Crippen LogP contribution >= 0.6 is 0 Å². The van der Waals surface area contributed by atoms with Gasteiger partial charge >= 0.3 is 0 Å². The van der Waals surface area contributed by atoms with Crippen LogP contribution in [0.5, 0.6) is 5.75 Å². The molecule has 1 unspecified atom stereocenters. The molecule has 134 valence electrons. The second-order valence-corrected chi connectivity index (χ2v) is 6.72. The van der Waals surface area contributed by atoms with Crippen molar-refractivity contribution in [1.82, 2.24) is 14.9 Å². The number of nitrogens with one attached hydrogen (secondary N) is 1. The molecule has 0 saturated heterocycles. The van der Waals surface area contributed by atoms with Crippen molar-refractivity contribution in [2.24, 2.45) is 11.0 Å². The van der Waals surface area contributed by atoms with E-state index in [1.54, 1.807) is 12.0 Å². The number of unbranched alkanes of at least 4 members (excludes halogenated alkanes) is 1. The first kappa shape index (κ1) is 17.3. The summed E-state index contributed by atoms with van der Waals surface area (Å²) in [4.78, 5) is 17.6. The fourth-order valence-electron chi connectivity index (χ4n) is 3.22. The zero-order valence-electron chi connectivity index (χ0n) is 15.2. The van der Waals surface area contributed by atoms with Crippen LogP contribution in [0.1, 0.15) is 29.8 Å². The Kier molecular flexibility index (Phi) is 5.26. The molecule has 2 aromatic rings. The van der Waals surface area contributed by atoms with Gasteiger partial charge in [0.1, 0.15) is 11.4 Å². The van der Waals surface area contributed by atoms with Crippen LogP contribution < -0.4 is 4.74 Å². The minimum atomic E-state index is 0.0253. The molecule has 0 saturated carbocycles. The zero-order valence-corrected chi connectivity index (χ0v) is 15.2. The minimum Gasteiger partial charge on any atom is -0.497 e. The van der Waals surface area contributed by atoms with Crippen LogP contribution in [-0.4, -0.2) is 61.3 Å². The topological polar surface area (TPSA) is 60.9 Å². The van der Waals surface area contributed by atoms with Crippen molar-refractivity contribution in [3.8, 4) is 5.75 Å². The minimum absolute atomic E-state index is 0.0253. The summed E-state index contributed by atoms with van der Waals surface area (Å²) in [5.74, 6) is 1.36. The van der Waals surface area contributed by atoms with Gasteiger partial charge in [-0.15, -0.1) is 0 Å². The average Bonchev–Trinajstić information content (AvgIpc) is 3.22. The van der Waals surface area contributed by atoms with Crippen molar-refractivity contribution in [1.29, 1.82) is 0 Å². The van der Waals surface area contributed by atoms with Crippen molar-refractivity contribution in [3.05, 3.63) is 30.0 Å². The summed E-state index contributed by atoms with van der Waals surface area (Å²) in [5.41, 5.74) is 1.54. The van der Waals surface area contributed by atoms with E-state index in [9.17, 15) is 4.79 Å². The Morgan fingerprint density at radius 1 is 1.40 bits per heavy atom. The standard InChI is InChI=1S/C19H26N4O2/c1-22(9-5-4-6-14-12-20-23(2)13-14)19(24)18-10-15-7-8-16(25-3)11-17(15)21-18/h7-8,10-12,14,21H,4-6,9,13H2,1-3H3. The Labute approximate surface area is 148 Å². The molecule has 1 amide bonds. The lowest BCUT2D eigenvalue weighted by Gasteiger charge is -2.16. The molecule has 25 heavy (non-hydrogen) atoms. The van der Waals surface area contributed by atoms with E-state index in [1.165, 1.54) is 0 Å². The summed E-state index contributed by atoms with van der Waals surface area (Å²) < 4.78 is 5.23. The van der Waals surface area contributed by atoms with Gasteiger partial charge in [0.25, 0.3) is 5.91 Å². The fraction of sp³-hybridized carbons (Fsp3) is 0.474. The monoisotopic (exact) mass is 342 g/mol. The summed E-state index contributed by atoms with van der Waals surface area (Å²) in [6, 6.07) is 7.67. The largest absolute Gasteiger partial charge is 0.497 e. The number of rotatable bonds is 7. The third kappa shape index (κ3) is 4.13. The third-order valence-corrected chi connectivity index (χ3v) is 4.70. The van der Waals surface area contributed by atoms with Gasteiger partial charge in [-0.25, -0.2) is 0 Å². The molecule has 2 heterocycles. The number of ether oxygens (including phenoxy) is 1. The van der Waals surface area contributed by atoms with Gasteiger partial charge < -0.3 is 14.6 Å². The summed E-state index contributed by atoms with van der Waals surface area (Å²) >= 11 is 0. The van der Waals surface area contributed by atoms with E-state index in [2.05, 4.69) is 10.1 Å². The molecule has 0 aliphatic carbocycles. The number of aromatic amines is 1.